The molecule has 268 valence electrons. The molecule has 0 spiro atoms. The highest BCUT2D eigenvalue weighted by Crippen LogP contribution is 2.46. The molecular weight excluding hydrogens is 610 g/mol. The third kappa shape index (κ3) is 14.0. The Balaban J connectivity index is 2.03. The van der Waals surface area contributed by atoms with E-state index in [2.05, 4.69) is 66.4 Å². The maximum absolute atomic E-state index is 12.7. The minimum atomic E-state index is -1.19. The third-order valence-corrected chi connectivity index (χ3v) is 10.1. The molecule has 47 heavy (non-hydrogen) atoms. The highest BCUT2D eigenvalue weighted by atomic mass is 32.1. The molecule has 0 saturated carbocycles. The number of carbonyl (C=O) groups excluding carboxylic acids is 2. The number of nitrogens with one attached hydrogen (secondary N) is 1. The van der Waals surface area contributed by atoms with Gasteiger partial charge in [-0.15, -0.1) is 12.6 Å². The van der Waals surface area contributed by atoms with Crippen molar-refractivity contribution >= 4 is 29.6 Å². The van der Waals surface area contributed by atoms with Crippen LogP contribution in [-0.4, -0.2) is 40.3 Å². The first-order chi connectivity index (χ1) is 22.0. The van der Waals surface area contributed by atoms with E-state index in [1.165, 1.54) is 44.9 Å². The third-order valence-electron chi connectivity index (χ3n) is 9.90. The summed E-state index contributed by atoms with van der Waals surface area (Å²) in [7, 11) is 0. The molecule has 1 amide bonds. The maximum Gasteiger partial charge on any atom is 0.326 e. The predicted molar refractivity (Wildman–Crippen MR) is 195 cm³/mol. The largest absolute Gasteiger partial charge is 0.487 e. The summed E-state index contributed by atoms with van der Waals surface area (Å²) >= 11 is 3.70. The van der Waals surface area contributed by atoms with E-state index < -0.39 is 23.0 Å². The first-order valence-corrected chi connectivity index (χ1v) is 18.7. The number of carboxylic acid groups (broad SMARTS) is 1. The number of rotatable bonds is 22. The van der Waals surface area contributed by atoms with E-state index in [1.807, 2.05) is 13.8 Å². The van der Waals surface area contributed by atoms with E-state index in [0.717, 1.165) is 77.9 Å². The number of hydrogen-bond acceptors (Lipinski definition) is 5. The van der Waals surface area contributed by atoms with Crippen LogP contribution in [0.2, 0.25) is 0 Å². The van der Waals surface area contributed by atoms with Gasteiger partial charge in [0.2, 0.25) is 0 Å². The zero-order valence-electron chi connectivity index (χ0n) is 30.9. The Morgan fingerprint density at radius 3 is 2.04 bits per heavy atom. The van der Waals surface area contributed by atoms with E-state index in [-0.39, 0.29) is 25.0 Å². The van der Waals surface area contributed by atoms with Gasteiger partial charge >= 0.3 is 5.97 Å². The zero-order chi connectivity index (χ0) is 35.3. The van der Waals surface area contributed by atoms with Crippen LogP contribution in [0, 0.1) is 37.5 Å². The van der Waals surface area contributed by atoms with Crippen molar-refractivity contribution in [1.29, 1.82) is 0 Å². The number of benzene rings is 1. The van der Waals surface area contributed by atoms with Gasteiger partial charge in [-0.2, -0.15) is 0 Å². The van der Waals surface area contributed by atoms with Crippen LogP contribution in [0.3, 0.4) is 0 Å². The highest BCUT2D eigenvalue weighted by Gasteiger charge is 2.35. The SMILES string of the molecule is Cc1c2c(c(CC(C)C)c(C)c1OCC(=O)N[C@@H](CCC(=O)S)C(=O)O)O[C@](C)(CCC[C@H](C)CCC[C@H](C)CCCC(C)C)CC2. The summed E-state index contributed by atoms with van der Waals surface area (Å²) < 4.78 is 13.0. The first-order valence-electron chi connectivity index (χ1n) is 18.2. The molecule has 0 unspecified atom stereocenters. The number of thiol groups is 1. The lowest BCUT2D eigenvalue weighted by Crippen LogP contribution is -2.43. The number of carbonyl (C=O) groups is 3. The van der Waals surface area contributed by atoms with Crippen molar-refractivity contribution in [2.75, 3.05) is 6.61 Å². The molecular formula is C39H65NO6S. The fraction of sp³-hybridized carbons (Fsp3) is 0.769. The summed E-state index contributed by atoms with van der Waals surface area (Å²) in [5, 5.41) is 11.5. The lowest BCUT2D eigenvalue weighted by atomic mass is 9.82. The maximum atomic E-state index is 12.7. The molecule has 2 rings (SSSR count). The Kier molecular flexibility index (Phi) is 17.2. The van der Waals surface area contributed by atoms with Gasteiger partial charge < -0.3 is 19.9 Å². The molecule has 0 bridgehead atoms. The molecule has 1 aromatic rings. The second kappa shape index (κ2) is 19.7. The molecule has 4 atom stereocenters. The molecule has 1 aliphatic heterocycles. The van der Waals surface area contributed by atoms with Crippen LogP contribution in [0.5, 0.6) is 11.5 Å². The van der Waals surface area contributed by atoms with Gasteiger partial charge in [-0.1, -0.05) is 86.5 Å². The Bertz CT molecular complexity index is 1180. The van der Waals surface area contributed by atoms with Gasteiger partial charge in [0.25, 0.3) is 5.91 Å². The topological polar surface area (TPSA) is 102 Å². The Hall–Kier alpha value is -2.22. The van der Waals surface area contributed by atoms with Gasteiger partial charge in [-0.05, 0) is 94.1 Å². The van der Waals surface area contributed by atoms with Crippen molar-refractivity contribution in [3.63, 3.8) is 0 Å². The van der Waals surface area contributed by atoms with Crippen LogP contribution in [0.15, 0.2) is 0 Å². The minimum absolute atomic E-state index is 0.0220. The normalized spacial score (nSPS) is 18.0. The Labute approximate surface area is 291 Å². The average Bonchev–Trinajstić information content (AvgIpc) is 2.96. The molecule has 0 aliphatic carbocycles. The summed E-state index contributed by atoms with van der Waals surface area (Å²) in [5.74, 6) is 2.69. The summed E-state index contributed by atoms with van der Waals surface area (Å²) in [5.41, 5.74) is 4.00. The number of ether oxygens (including phenoxy) is 2. The smallest absolute Gasteiger partial charge is 0.326 e. The lowest BCUT2D eigenvalue weighted by Gasteiger charge is -2.39. The van der Waals surface area contributed by atoms with Crippen LogP contribution in [0.25, 0.3) is 0 Å². The van der Waals surface area contributed by atoms with E-state index in [0.29, 0.717) is 11.7 Å². The van der Waals surface area contributed by atoms with Crippen molar-refractivity contribution in [1.82, 2.24) is 5.32 Å². The van der Waals surface area contributed by atoms with Crippen molar-refractivity contribution < 1.29 is 29.0 Å². The molecule has 0 fully saturated rings. The number of amides is 1. The first kappa shape index (κ1) is 41.0. The summed E-state index contributed by atoms with van der Waals surface area (Å²) in [4.78, 5) is 35.5. The van der Waals surface area contributed by atoms with Gasteiger partial charge in [0.1, 0.15) is 23.1 Å². The molecule has 0 radical (unpaired) electrons. The zero-order valence-corrected chi connectivity index (χ0v) is 31.8. The second-order valence-corrected chi connectivity index (χ2v) is 16.1. The minimum Gasteiger partial charge on any atom is -0.487 e. The van der Waals surface area contributed by atoms with Crippen molar-refractivity contribution in [3.05, 3.63) is 22.3 Å². The monoisotopic (exact) mass is 675 g/mol. The number of carboxylic acids is 1. The quantitative estimate of drug-likeness (QED) is 0.106. The fourth-order valence-corrected chi connectivity index (χ4v) is 7.07. The molecule has 8 heteroatoms. The fourth-order valence-electron chi connectivity index (χ4n) is 6.94. The standard InChI is InChI=1S/C39H65NO6S/c1-25(2)13-10-14-27(5)15-11-16-28(6)17-12-21-39(9)22-20-31-29(7)36(30(8)32(23-26(3)4)37(31)46-39)45-24-34(41)40-33(38(43)44)18-19-35(42)47/h25-28,33H,10-24H2,1-9H3,(H,40,41)(H,42,47)(H,43,44)/t27-,28-,33+,39-/m1/s1. The Morgan fingerprint density at radius 1 is 0.894 bits per heavy atom. The van der Waals surface area contributed by atoms with Crippen molar-refractivity contribution in [3.8, 4) is 11.5 Å². The van der Waals surface area contributed by atoms with Gasteiger partial charge in [0.05, 0.1) is 0 Å². The molecule has 1 heterocycles. The van der Waals surface area contributed by atoms with Crippen LogP contribution >= 0.6 is 12.6 Å². The molecule has 0 aromatic heterocycles. The van der Waals surface area contributed by atoms with Gasteiger partial charge in [-0.25, -0.2) is 4.79 Å². The second-order valence-electron chi connectivity index (χ2n) is 15.6. The van der Waals surface area contributed by atoms with Crippen LogP contribution in [0.1, 0.15) is 148 Å². The van der Waals surface area contributed by atoms with Gasteiger partial charge in [0, 0.05) is 17.5 Å². The predicted octanol–water partition coefficient (Wildman–Crippen LogP) is 9.21. The van der Waals surface area contributed by atoms with E-state index in [1.54, 1.807) is 0 Å². The van der Waals surface area contributed by atoms with Gasteiger partial charge in [0.15, 0.2) is 11.7 Å². The summed E-state index contributed by atoms with van der Waals surface area (Å²) in [6, 6.07) is -1.17. The number of fused-ring (bicyclic) bond motifs is 1. The summed E-state index contributed by atoms with van der Waals surface area (Å²) in [6.07, 6.45) is 14.0. The van der Waals surface area contributed by atoms with Gasteiger partial charge in [-0.3, -0.25) is 9.59 Å². The molecule has 2 N–H and O–H groups in total. The highest BCUT2D eigenvalue weighted by molar-refractivity contribution is 7.96. The molecule has 0 saturated heterocycles. The number of aliphatic carboxylic acids is 1. The molecule has 7 nitrogen and oxygen atoms in total. The Morgan fingerprint density at radius 2 is 1.49 bits per heavy atom. The average molecular weight is 676 g/mol. The van der Waals surface area contributed by atoms with Crippen LogP contribution < -0.4 is 14.8 Å². The molecule has 1 aliphatic rings. The van der Waals surface area contributed by atoms with E-state index in [9.17, 15) is 19.5 Å². The summed E-state index contributed by atoms with van der Waals surface area (Å²) in [6.45, 7) is 19.8. The number of hydrogen-bond donors (Lipinski definition) is 3. The van der Waals surface area contributed by atoms with Crippen molar-refractivity contribution in [2.24, 2.45) is 23.7 Å². The van der Waals surface area contributed by atoms with Crippen LogP contribution in [-0.2, 0) is 27.2 Å². The lowest BCUT2D eigenvalue weighted by molar-refractivity contribution is -0.142. The van der Waals surface area contributed by atoms with E-state index in [4.69, 9.17) is 9.47 Å². The van der Waals surface area contributed by atoms with E-state index >= 15 is 0 Å². The molecule has 1 aromatic carbocycles. The van der Waals surface area contributed by atoms with Crippen molar-refractivity contribution in [2.45, 2.75) is 164 Å². The van der Waals surface area contributed by atoms with Crippen LogP contribution in [0.4, 0.5) is 0 Å².